The van der Waals surface area contributed by atoms with Gasteiger partial charge in [-0.25, -0.2) is 18.3 Å². The number of carbonyl (C=O) groups excluding carboxylic acids is 1. The third kappa shape index (κ3) is 5.99. The first-order valence-corrected chi connectivity index (χ1v) is 13.3. The Hall–Kier alpha value is -3.05. The summed E-state index contributed by atoms with van der Waals surface area (Å²) in [5, 5.41) is 0. The van der Waals surface area contributed by atoms with Crippen molar-refractivity contribution < 1.29 is 41.6 Å². The van der Waals surface area contributed by atoms with Crippen molar-refractivity contribution in [3.05, 3.63) is 52.9 Å². The summed E-state index contributed by atoms with van der Waals surface area (Å²) in [6.07, 6.45) is -0.623. The summed E-state index contributed by atoms with van der Waals surface area (Å²) in [6, 6.07) is 4.89. The van der Waals surface area contributed by atoms with Gasteiger partial charge in [0.05, 0.1) is 23.3 Å². The molecule has 0 bridgehead atoms. The molecule has 2 aromatic carbocycles. The standard InChI is InChI=1S/C25H30F2N3O7P/c1-14-28-18-9-15(24(31)29(5)6)10-21(23(18)30(14)13-35-38(32,33)37-25(2,3)4)36-19-7-8-34-20-12-16(26)11-17(27)22(19)20/h9-12,19H,7-8,13H2,1-6H3,(H,32,33)/t19-/m0/s1. The predicted octanol–water partition coefficient (Wildman–Crippen LogP) is 5.12. The van der Waals surface area contributed by atoms with Crippen molar-refractivity contribution in [1.82, 2.24) is 14.5 Å². The highest BCUT2D eigenvalue weighted by Crippen LogP contribution is 2.48. The van der Waals surface area contributed by atoms with Gasteiger partial charge in [0.25, 0.3) is 5.91 Å². The number of fused-ring (bicyclic) bond motifs is 2. The summed E-state index contributed by atoms with van der Waals surface area (Å²) in [5.74, 6) is -1.34. The number of halogens is 2. The maximum atomic E-state index is 14.8. The molecule has 206 valence electrons. The number of phosphoric acid groups is 1. The number of imidazole rings is 1. The average molecular weight is 553 g/mol. The Balaban J connectivity index is 1.80. The van der Waals surface area contributed by atoms with Gasteiger partial charge in [0.15, 0.2) is 0 Å². The van der Waals surface area contributed by atoms with E-state index in [1.807, 2.05) is 0 Å². The molecule has 1 N–H and O–H groups in total. The largest absolute Gasteiger partial charge is 0.493 e. The minimum Gasteiger partial charge on any atom is -0.493 e. The number of carbonyl (C=O) groups is 1. The highest BCUT2D eigenvalue weighted by Gasteiger charge is 2.32. The maximum absolute atomic E-state index is 14.8. The minimum atomic E-state index is -4.45. The first-order chi connectivity index (χ1) is 17.6. The number of benzene rings is 2. The van der Waals surface area contributed by atoms with Crippen LogP contribution in [0.3, 0.4) is 0 Å². The quantitative estimate of drug-likeness (QED) is 0.402. The monoisotopic (exact) mass is 553 g/mol. The van der Waals surface area contributed by atoms with Gasteiger partial charge in [-0.15, -0.1) is 0 Å². The fourth-order valence-electron chi connectivity index (χ4n) is 4.16. The van der Waals surface area contributed by atoms with E-state index in [0.29, 0.717) is 16.9 Å². The lowest BCUT2D eigenvalue weighted by Crippen LogP contribution is -2.23. The molecule has 2 atom stereocenters. The number of phosphoric ester groups is 1. The van der Waals surface area contributed by atoms with Crippen LogP contribution < -0.4 is 9.47 Å². The molecule has 1 aliphatic rings. The summed E-state index contributed by atoms with van der Waals surface area (Å²) in [7, 11) is -1.26. The van der Waals surface area contributed by atoms with Gasteiger partial charge in [-0.05, 0) is 39.8 Å². The number of aryl methyl sites for hydroxylation is 1. The fraction of sp³-hybridized carbons (Fsp3) is 0.440. The highest BCUT2D eigenvalue weighted by molar-refractivity contribution is 7.47. The zero-order chi connectivity index (χ0) is 28.0. The van der Waals surface area contributed by atoms with Crippen molar-refractivity contribution in [2.45, 2.75) is 52.6 Å². The van der Waals surface area contributed by atoms with Crippen molar-refractivity contribution in [1.29, 1.82) is 0 Å². The molecule has 2 heterocycles. The molecule has 1 unspecified atom stereocenters. The van der Waals surface area contributed by atoms with Crippen LogP contribution in [0.4, 0.5) is 8.78 Å². The van der Waals surface area contributed by atoms with E-state index in [4.69, 9.17) is 18.5 Å². The number of aromatic nitrogens is 2. The predicted molar refractivity (Wildman–Crippen MR) is 134 cm³/mol. The lowest BCUT2D eigenvalue weighted by Gasteiger charge is -2.28. The van der Waals surface area contributed by atoms with Crippen molar-refractivity contribution in [2.75, 3.05) is 20.7 Å². The van der Waals surface area contributed by atoms with E-state index in [1.165, 1.54) is 15.5 Å². The van der Waals surface area contributed by atoms with Gasteiger partial charge in [0.2, 0.25) is 0 Å². The maximum Gasteiger partial charge on any atom is 0.474 e. The van der Waals surface area contributed by atoms with Crippen molar-refractivity contribution in [2.24, 2.45) is 0 Å². The molecule has 0 fully saturated rings. The van der Waals surface area contributed by atoms with Crippen LogP contribution in [0.25, 0.3) is 11.0 Å². The van der Waals surface area contributed by atoms with Crippen LogP contribution >= 0.6 is 7.82 Å². The molecular formula is C25H30F2N3O7P. The number of amides is 1. The third-order valence-electron chi connectivity index (χ3n) is 5.68. The molecule has 0 saturated heterocycles. The average Bonchev–Trinajstić information content (AvgIpc) is 3.10. The summed E-state index contributed by atoms with van der Waals surface area (Å²) in [6.45, 7) is 6.22. The van der Waals surface area contributed by atoms with Crippen LogP contribution in [0.15, 0.2) is 24.3 Å². The summed E-state index contributed by atoms with van der Waals surface area (Å²) in [5.41, 5.74) is 0.0761. The second-order valence-corrected chi connectivity index (χ2v) is 11.5. The number of nitrogens with zero attached hydrogens (tertiary/aromatic N) is 3. The van der Waals surface area contributed by atoms with E-state index >= 15 is 0 Å². The van der Waals surface area contributed by atoms with E-state index in [-0.39, 0.29) is 41.6 Å². The van der Waals surface area contributed by atoms with Gasteiger partial charge in [-0.2, -0.15) is 0 Å². The van der Waals surface area contributed by atoms with Crippen LogP contribution in [0, 0.1) is 18.6 Å². The van der Waals surface area contributed by atoms with Crippen LogP contribution in [-0.4, -0.2) is 51.6 Å². The molecule has 38 heavy (non-hydrogen) atoms. The first-order valence-electron chi connectivity index (χ1n) is 11.8. The van der Waals surface area contributed by atoms with Crippen LogP contribution in [0.5, 0.6) is 11.5 Å². The van der Waals surface area contributed by atoms with Crippen molar-refractivity contribution in [3.8, 4) is 11.5 Å². The normalized spacial score (nSPS) is 17.0. The topological polar surface area (TPSA) is 112 Å². The van der Waals surface area contributed by atoms with Gasteiger partial charge < -0.3 is 23.8 Å². The Morgan fingerprint density at radius 3 is 2.63 bits per heavy atom. The molecule has 13 heteroatoms. The first kappa shape index (κ1) is 28.0. The smallest absolute Gasteiger partial charge is 0.474 e. The van der Waals surface area contributed by atoms with Crippen molar-refractivity contribution >= 4 is 24.8 Å². The number of ether oxygens (including phenoxy) is 2. The minimum absolute atomic E-state index is 0.0316. The van der Waals surface area contributed by atoms with Gasteiger partial charge in [-0.3, -0.25) is 13.8 Å². The third-order valence-corrected chi connectivity index (χ3v) is 6.90. The fourth-order valence-corrected chi connectivity index (χ4v) is 5.17. The van der Waals surface area contributed by atoms with Gasteiger partial charge in [0, 0.05) is 38.2 Å². The van der Waals surface area contributed by atoms with E-state index in [1.54, 1.807) is 47.9 Å². The highest BCUT2D eigenvalue weighted by atomic mass is 31.2. The van der Waals surface area contributed by atoms with Crippen LogP contribution in [0.2, 0.25) is 0 Å². The Labute approximate surface area is 218 Å². The van der Waals surface area contributed by atoms with Gasteiger partial charge in [-0.1, -0.05) is 0 Å². The Bertz CT molecular complexity index is 1430. The molecule has 1 aromatic heterocycles. The summed E-state index contributed by atoms with van der Waals surface area (Å²) < 4.78 is 64.7. The summed E-state index contributed by atoms with van der Waals surface area (Å²) in [4.78, 5) is 28.9. The van der Waals surface area contributed by atoms with E-state index in [0.717, 1.165) is 12.1 Å². The molecule has 0 aliphatic carbocycles. The molecule has 4 rings (SSSR count). The molecule has 10 nitrogen and oxygen atoms in total. The SMILES string of the molecule is Cc1nc2cc(C(=O)N(C)C)cc(O[C@H]3CCOc4cc(F)cc(F)c43)c2n1COP(=O)(O)OC(C)(C)C. The van der Waals surface area contributed by atoms with Gasteiger partial charge >= 0.3 is 7.82 Å². The molecular weight excluding hydrogens is 523 g/mol. The van der Waals surface area contributed by atoms with Crippen LogP contribution in [0.1, 0.15) is 55.0 Å². The molecule has 1 aliphatic heterocycles. The molecule has 1 amide bonds. The number of hydrogen-bond donors (Lipinski definition) is 1. The van der Waals surface area contributed by atoms with Crippen molar-refractivity contribution in [3.63, 3.8) is 0 Å². The lowest BCUT2D eigenvalue weighted by atomic mass is 10.0. The Morgan fingerprint density at radius 2 is 1.97 bits per heavy atom. The Kier molecular flexibility index (Phi) is 7.55. The molecule has 0 saturated carbocycles. The molecule has 0 spiro atoms. The van der Waals surface area contributed by atoms with Gasteiger partial charge in [0.1, 0.15) is 47.3 Å². The van der Waals surface area contributed by atoms with E-state index < -0.39 is 37.9 Å². The molecule has 0 radical (unpaired) electrons. The van der Waals surface area contributed by atoms with E-state index in [2.05, 4.69) is 4.98 Å². The Morgan fingerprint density at radius 1 is 1.26 bits per heavy atom. The number of rotatable bonds is 7. The van der Waals surface area contributed by atoms with Crippen LogP contribution in [-0.2, 0) is 20.3 Å². The second kappa shape index (κ2) is 10.3. The second-order valence-electron chi connectivity index (χ2n) is 10.1. The zero-order valence-corrected chi connectivity index (χ0v) is 22.8. The molecule has 3 aromatic rings. The lowest BCUT2D eigenvalue weighted by molar-refractivity contribution is 0.0488. The van der Waals surface area contributed by atoms with E-state index in [9.17, 15) is 23.0 Å². The summed E-state index contributed by atoms with van der Waals surface area (Å²) >= 11 is 0. The zero-order valence-electron chi connectivity index (χ0n) is 21.9. The number of hydrogen-bond acceptors (Lipinski definition) is 7.